The third-order valence-corrected chi connectivity index (χ3v) is 4.98. The molecule has 2 fully saturated rings. The van der Waals surface area contributed by atoms with Gasteiger partial charge in [-0.2, -0.15) is 4.98 Å². The van der Waals surface area contributed by atoms with Crippen molar-refractivity contribution in [3.05, 3.63) is 11.3 Å². The second-order valence-corrected chi connectivity index (χ2v) is 7.05. The van der Waals surface area contributed by atoms with Gasteiger partial charge in [0.2, 0.25) is 11.9 Å². The lowest BCUT2D eigenvalue weighted by atomic mass is 10.1. The van der Waals surface area contributed by atoms with Crippen LogP contribution in [-0.4, -0.2) is 67.7 Å². The molecule has 1 amide bonds. The molecule has 1 aromatic rings. The molecule has 7 heteroatoms. The molecule has 1 aromatic heterocycles. The molecule has 0 spiro atoms. The van der Waals surface area contributed by atoms with Crippen LogP contribution in [-0.2, 0) is 22.5 Å². The second-order valence-electron chi connectivity index (χ2n) is 7.05. The fraction of sp³-hybridized carbons (Fsp3) is 0.706. The van der Waals surface area contributed by atoms with Crippen molar-refractivity contribution in [2.75, 3.05) is 56.7 Å². The van der Waals surface area contributed by atoms with Gasteiger partial charge in [0.15, 0.2) is 0 Å². The van der Waals surface area contributed by atoms with Crippen molar-refractivity contribution in [3.63, 3.8) is 0 Å². The Morgan fingerprint density at radius 3 is 2.58 bits per heavy atom. The highest BCUT2D eigenvalue weighted by Crippen LogP contribution is 2.34. The average Bonchev–Trinajstić information content (AvgIpc) is 3.45. The monoisotopic (exact) mass is 331 g/mol. The molecule has 1 saturated heterocycles. The Bertz CT molecular complexity index is 638. The van der Waals surface area contributed by atoms with E-state index in [1.54, 1.807) is 0 Å². The van der Waals surface area contributed by atoms with Crippen LogP contribution in [0.4, 0.5) is 11.8 Å². The molecule has 3 heterocycles. The second kappa shape index (κ2) is 6.20. The van der Waals surface area contributed by atoms with E-state index < -0.39 is 0 Å². The summed E-state index contributed by atoms with van der Waals surface area (Å²) in [5.41, 5.74) is 2.20. The van der Waals surface area contributed by atoms with Gasteiger partial charge in [0.05, 0.1) is 25.5 Å². The molecule has 130 valence electrons. The van der Waals surface area contributed by atoms with Crippen LogP contribution in [0, 0.1) is 5.92 Å². The molecule has 2 aliphatic heterocycles. The molecule has 0 radical (unpaired) electrons. The van der Waals surface area contributed by atoms with Gasteiger partial charge in [0.25, 0.3) is 0 Å². The van der Waals surface area contributed by atoms with Crippen LogP contribution in [0.5, 0.6) is 0 Å². The SMILES string of the molecule is CN(C)c1nc(N2CCOCC2)nc2c1CN(C(=O)C1CC1)CC2. The number of aromatic nitrogens is 2. The first-order valence-corrected chi connectivity index (χ1v) is 8.82. The Balaban J connectivity index is 1.64. The topological polar surface area (TPSA) is 61.8 Å². The minimum absolute atomic E-state index is 0.267. The Morgan fingerprint density at radius 2 is 1.92 bits per heavy atom. The van der Waals surface area contributed by atoms with Gasteiger partial charge < -0.3 is 19.4 Å². The van der Waals surface area contributed by atoms with Crippen LogP contribution in [0.2, 0.25) is 0 Å². The van der Waals surface area contributed by atoms with E-state index in [2.05, 4.69) is 4.90 Å². The van der Waals surface area contributed by atoms with Gasteiger partial charge in [-0.15, -0.1) is 0 Å². The van der Waals surface area contributed by atoms with E-state index in [4.69, 9.17) is 14.7 Å². The minimum atomic E-state index is 0.267. The standard InChI is InChI=1S/C17H25N5O2/c1-20(2)15-13-11-22(16(23)12-3-4-12)6-5-14(13)18-17(19-15)21-7-9-24-10-8-21/h12H,3-11H2,1-2H3. The van der Waals surface area contributed by atoms with Crippen molar-refractivity contribution in [1.82, 2.24) is 14.9 Å². The van der Waals surface area contributed by atoms with Crippen LogP contribution in [0.25, 0.3) is 0 Å². The number of ether oxygens (including phenoxy) is 1. The first-order chi connectivity index (χ1) is 11.6. The maximum absolute atomic E-state index is 12.4. The number of hydrogen-bond donors (Lipinski definition) is 0. The third kappa shape index (κ3) is 2.92. The van der Waals surface area contributed by atoms with Crippen LogP contribution >= 0.6 is 0 Å². The Kier molecular flexibility index (Phi) is 4.04. The Hall–Kier alpha value is -1.89. The molecule has 0 bridgehead atoms. The van der Waals surface area contributed by atoms with Gasteiger partial charge in [0, 0.05) is 51.6 Å². The summed E-state index contributed by atoms with van der Waals surface area (Å²) < 4.78 is 5.43. The lowest BCUT2D eigenvalue weighted by Crippen LogP contribution is -2.40. The summed E-state index contributed by atoms with van der Waals surface area (Å²) in [7, 11) is 4.01. The van der Waals surface area contributed by atoms with Crippen molar-refractivity contribution < 1.29 is 9.53 Å². The molecule has 3 aliphatic rings. The van der Waals surface area contributed by atoms with Crippen LogP contribution in [0.3, 0.4) is 0 Å². The highest BCUT2D eigenvalue weighted by atomic mass is 16.5. The number of morpholine rings is 1. The zero-order chi connectivity index (χ0) is 16.7. The summed E-state index contributed by atoms with van der Waals surface area (Å²) in [6.07, 6.45) is 2.92. The van der Waals surface area contributed by atoms with Gasteiger partial charge in [-0.25, -0.2) is 4.98 Å². The highest BCUT2D eigenvalue weighted by Gasteiger charge is 2.36. The fourth-order valence-corrected chi connectivity index (χ4v) is 3.44. The number of amides is 1. The summed E-state index contributed by atoms with van der Waals surface area (Å²) in [5, 5.41) is 0. The number of carbonyl (C=O) groups is 1. The number of carbonyl (C=O) groups excluding carboxylic acids is 1. The predicted molar refractivity (Wildman–Crippen MR) is 91.2 cm³/mol. The fourth-order valence-electron chi connectivity index (χ4n) is 3.44. The largest absolute Gasteiger partial charge is 0.378 e. The number of rotatable bonds is 3. The molecule has 4 rings (SSSR count). The van der Waals surface area contributed by atoms with Crippen molar-refractivity contribution in [3.8, 4) is 0 Å². The van der Waals surface area contributed by atoms with E-state index in [0.29, 0.717) is 12.5 Å². The van der Waals surface area contributed by atoms with E-state index >= 15 is 0 Å². The zero-order valence-electron chi connectivity index (χ0n) is 14.5. The lowest BCUT2D eigenvalue weighted by molar-refractivity contribution is -0.133. The summed E-state index contributed by atoms with van der Waals surface area (Å²) in [6.45, 7) is 4.52. The molecule has 1 saturated carbocycles. The molecule has 0 unspecified atom stereocenters. The van der Waals surface area contributed by atoms with E-state index in [-0.39, 0.29) is 5.92 Å². The normalized spacial score (nSPS) is 20.8. The highest BCUT2D eigenvalue weighted by molar-refractivity contribution is 5.81. The van der Waals surface area contributed by atoms with Crippen molar-refractivity contribution in [1.29, 1.82) is 0 Å². The smallest absolute Gasteiger partial charge is 0.227 e. The van der Waals surface area contributed by atoms with Gasteiger partial charge in [-0.1, -0.05) is 0 Å². The Morgan fingerprint density at radius 1 is 1.17 bits per heavy atom. The predicted octanol–water partition coefficient (Wildman–Crippen LogP) is 0.674. The molecule has 7 nitrogen and oxygen atoms in total. The quantitative estimate of drug-likeness (QED) is 0.811. The molecule has 0 atom stereocenters. The molecule has 24 heavy (non-hydrogen) atoms. The number of hydrogen-bond acceptors (Lipinski definition) is 6. The molecular weight excluding hydrogens is 306 g/mol. The van der Waals surface area contributed by atoms with E-state index in [9.17, 15) is 4.79 Å². The van der Waals surface area contributed by atoms with Gasteiger partial charge in [-0.3, -0.25) is 4.79 Å². The van der Waals surface area contributed by atoms with Gasteiger partial charge >= 0.3 is 0 Å². The molecule has 0 N–H and O–H groups in total. The molecule has 0 aromatic carbocycles. The zero-order valence-corrected chi connectivity index (χ0v) is 14.5. The Labute approximate surface area is 142 Å². The first-order valence-electron chi connectivity index (χ1n) is 8.82. The number of anilines is 2. The van der Waals surface area contributed by atoms with E-state index in [1.807, 2.05) is 23.9 Å². The summed E-state index contributed by atoms with van der Waals surface area (Å²) in [5.74, 6) is 2.31. The van der Waals surface area contributed by atoms with Crippen molar-refractivity contribution in [2.24, 2.45) is 5.92 Å². The lowest BCUT2D eigenvalue weighted by Gasteiger charge is -2.33. The molecule has 1 aliphatic carbocycles. The molecular formula is C17H25N5O2. The van der Waals surface area contributed by atoms with Crippen molar-refractivity contribution >= 4 is 17.7 Å². The van der Waals surface area contributed by atoms with Gasteiger partial charge in [-0.05, 0) is 12.8 Å². The number of nitrogens with zero attached hydrogens (tertiary/aromatic N) is 5. The minimum Gasteiger partial charge on any atom is -0.378 e. The first kappa shape index (κ1) is 15.6. The summed E-state index contributed by atoms with van der Waals surface area (Å²) in [6, 6.07) is 0. The maximum Gasteiger partial charge on any atom is 0.227 e. The summed E-state index contributed by atoms with van der Waals surface area (Å²) >= 11 is 0. The van der Waals surface area contributed by atoms with Crippen LogP contribution in [0.1, 0.15) is 24.1 Å². The maximum atomic E-state index is 12.4. The number of fused-ring (bicyclic) bond motifs is 1. The van der Waals surface area contributed by atoms with E-state index in [0.717, 1.165) is 75.1 Å². The third-order valence-electron chi connectivity index (χ3n) is 4.98. The van der Waals surface area contributed by atoms with Crippen molar-refractivity contribution in [2.45, 2.75) is 25.8 Å². The van der Waals surface area contributed by atoms with Gasteiger partial charge in [0.1, 0.15) is 5.82 Å². The van der Waals surface area contributed by atoms with E-state index in [1.165, 1.54) is 0 Å². The van der Waals surface area contributed by atoms with Crippen LogP contribution in [0.15, 0.2) is 0 Å². The average molecular weight is 331 g/mol. The van der Waals surface area contributed by atoms with Crippen LogP contribution < -0.4 is 9.80 Å². The summed E-state index contributed by atoms with van der Waals surface area (Å²) in [4.78, 5) is 28.3.